The monoisotopic (exact) mass is 490 g/mol. The van der Waals surface area contributed by atoms with Gasteiger partial charge in [-0.05, 0) is 64.8 Å². The van der Waals surface area contributed by atoms with E-state index >= 15 is 0 Å². The molecular weight excluding hydrogens is 460 g/mol. The fourth-order valence-corrected chi connectivity index (χ4v) is 5.73. The van der Waals surface area contributed by atoms with E-state index in [1.54, 1.807) is 58.2 Å². The third kappa shape index (κ3) is 4.48. The Bertz CT molecular complexity index is 1290. The van der Waals surface area contributed by atoms with Crippen LogP contribution in [0.25, 0.3) is 10.7 Å². The van der Waals surface area contributed by atoms with Crippen LogP contribution in [0.1, 0.15) is 57.0 Å². The van der Waals surface area contributed by atoms with E-state index in [0.717, 1.165) is 6.26 Å². The highest BCUT2D eigenvalue weighted by molar-refractivity contribution is 7.95. The minimum absolute atomic E-state index is 0.144. The Labute approximate surface area is 198 Å². The van der Waals surface area contributed by atoms with Crippen LogP contribution in [0.15, 0.2) is 36.5 Å². The molecule has 0 saturated heterocycles. The molecule has 1 aromatic heterocycles. The predicted molar refractivity (Wildman–Crippen MR) is 132 cm³/mol. The smallest absolute Gasteiger partial charge is 0.316 e. The van der Waals surface area contributed by atoms with Crippen LogP contribution in [0, 0.1) is 12.3 Å². The summed E-state index contributed by atoms with van der Waals surface area (Å²) in [4.78, 5) is 17.7. The van der Waals surface area contributed by atoms with Crippen molar-refractivity contribution in [3.05, 3.63) is 58.9 Å². The largest absolute Gasteiger partial charge is 0.422 e. The van der Waals surface area contributed by atoms with Gasteiger partial charge in [-0.15, -0.1) is 0 Å². The molecule has 0 fully saturated rings. The van der Waals surface area contributed by atoms with E-state index in [4.69, 9.17) is 4.74 Å². The first-order chi connectivity index (χ1) is 15.1. The second-order valence-electron chi connectivity index (χ2n) is 9.66. The number of nitrogens with zero attached hydrogens (tertiary/aromatic N) is 2. The summed E-state index contributed by atoms with van der Waals surface area (Å²) in [6.07, 6.45) is 2.73. The third-order valence-electron chi connectivity index (χ3n) is 5.72. The Morgan fingerprint density at radius 1 is 1.15 bits per heavy atom. The minimum atomic E-state index is -3.52. The molecule has 0 N–H and O–H groups in total. The number of esters is 1. The van der Waals surface area contributed by atoms with Crippen molar-refractivity contribution in [2.24, 2.45) is 5.41 Å². The van der Waals surface area contributed by atoms with Crippen LogP contribution in [0.2, 0.25) is 0 Å². The lowest BCUT2D eigenvalue weighted by atomic mass is 9.95. The Kier molecular flexibility index (Phi) is 6.36. The maximum Gasteiger partial charge on any atom is 0.316 e. The van der Waals surface area contributed by atoms with Crippen molar-refractivity contribution in [2.45, 2.75) is 46.3 Å². The molecule has 0 bridgehead atoms. The van der Waals surface area contributed by atoms with Crippen molar-refractivity contribution in [1.29, 1.82) is 0 Å². The zero-order chi connectivity index (χ0) is 24.9. The summed E-state index contributed by atoms with van der Waals surface area (Å²) in [6, 6.07) is 8.75. The first-order valence-corrected chi connectivity index (χ1v) is 13.5. The Balaban J connectivity index is 2.39. The molecule has 1 aromatic carbocycles. The third-order valence-corrected chi connectivity index (χ3v) is 8.83. The molecule has 0 amide bonds. The van der Waals surface area contributed by atoms with E-state index in [1.807, 2.05) is 19.9 Å². The van der Waals surface area contributed by atoms with Crippen molar-refractivity contribution in [2.75, 3.05) is 17.6 Å². The lowest BCUT2D eigenvalue weighted by molar-refractivity contribution is -0.145. The summed E-state index contributed by atoms with van der Waals surface area (Å²) >= 11 is 0. The molecule has 0 aliphatic carbocycles. The van der Waals surface area contributed by atoms with E-state index < -0.39 is 37.0 Å². The molecular formula is C24H30N2O5S2. The van der Waals surface area contributed by atoms with Crippen LogP contribution >= 0.6 is 0 Å². The van der Waals surface area contributed by atoms with Crippen molar-refractivity contribution in [3.8, 4) is 0 Å². The van der Waals surface area contributed by atoms with Crippen molar-refractivity contribution < 1.29 is 22.2 Å². The molecule has 9 heteroatoms. The lowest BCUT2D eigenvalue weighted by Crippen LogP contribution is -2.33. The zero-order valence-electron chi connectivity index (χ0n) is 20.2. The highest BCUT2D eigenvalue weighted by Crippen LogP contribution is 2.48. The Morgan fingerprint density at radius 2 is 1.79 bits per heavy atom. The summed E-state index contributed by atoms with van der Waals surface area (Å²) in [5.41, 5.74) is 1.97. The number of sulfonamides is 1. The number of carbonyl (C=O) groups excluding carboxylic acids is 1. The van der Waals surface area contributed by atoms with Gasteiger partial charge in [-0.25, -0.2) is 8.42 Å². The summed E-state index contributed by atoms with van der Waals surface area (Å²) < 4.78 is 44.6. The number of hydrogen-bond acceptors (Lipinski definition) is 6. The van der Waals surface area contributed by atoms with Crippen LogP contribution in [-0.2, 0) is 35.1 Å². The first-order valence-electron chi connectivity index (χ1n) is 10.5. The van der Waals surface area contributed by atoms with Crippen molar-refractivity contribution >= 4 is 43.1 Å². The molecule has 2 aromatic rings. The highest BCUT2D eigenvalue weighted by atomic mass is 32.2. The number of rotatable bonds is 4. The Morgan fingerprint density at radius 3 is 2.36 bits per heavy atom. The second-order valence-corrected chi connectivity index (χ2v) is 13.6. The fourth-order valence-electron chi connectivity index (χ4n) is 3.57. The first kappa shape index (κ1) is 25.1. The van der Waals surface area contributed by atoms with Gasteiger partial charge in [0.05, 0.1) is 37.8 Å². The molecule has 1 aliphatic heterocycles. The second kappa shape index (κ2) is 8.36. The standard InChI is InChI=1S/C24H30N2O5S2/c1-15-16(11-9-13-18(15)26(7)33(8,29)30)21-20(31-22(27)23(2,3)4)19-17(12-10-14-25-19)24(5,6)32(21)28/h9-14H,1-8H3. The van der Waals surface area contributed by atoms with E-state index in [1.165, 1.54) is 11.4 Å². The maximum absolute atomic E-state index is 14.0. The van der Waals surface area contributed by atoms with Gasteiger partial charge in [0.1, 0.15) is 5.69 Å². The number of anilines is 1. The molecule has 1 atom stereocenters. The normalized spacial score (nSPS) is 18.0. The van der Waals surface area contributed by atoms with Crippen LogP contribution < -0.4 is 4.31 Å². The van der Waals surface area contributed by atoms with Crippen LogP contribution in [-0.4, -0.2) is 36.9 Å². The molecule has 2 heterocycles. The Hall–Kier alpha value is -2.52. The number of ether oxygens (including phenoxy) is 1. The summed E-state index contributed by atoms with van der Waals surface area (Å²) in [7, 11) is -3.68. The predicted octanol–water partition coefficient (Wildman–Crippen LogP) is 4.20. The SMILES string of the molecule is Cc1c(C2=C(OC(=O)C(C)(C)C)c3ncccc3C(C)(C)S2=O)cccc1N(C)S(C)(=O)=O. The molecule has 7 nitrogen and oxygen atoms in total. The summed E-state index contributed by atoms with van der Waals surface area (Å²) in [5.74, 6) is -0.337. The lowest BCUT2D eigenvalue weighted by Gasteiger charge is -2.34. The van der Waals surface area contributed by atoms with Gasteiger partial charge >= 0.3 is 5.97 Å². The van der Waals surface area contributed by atoms with Crippen LogP contribution in [0.3, 0.4) is 0 Å². The number of pyridine rings is 1. The average molecular weight is 491 g/mol. The van der Waals surface area contributed by atoms with Crippen LogP contribution in [0.5, 0.6) is 0 Å². The number of carbonyl (C=O) groups is 1. The molecule has 33 heavy (non-hydrogen) atoms. The highest BCUT2D eigenvalue weighted by Gasteiger charge is 2.43. The number of hydrogen-bond donors (Lipinski definition) is 0. The van der Waals surface area contributed by atoms with E-state index in [9.17, 15) is 17.4 Å². The van der Waals surface area contributed by atoms with Gasteiger partial charge in [0, 0.05) is 18.8 Å². The molecule has 1 aliphatic rings. The number of aromatic nitrogens is 1. The van der Waals surface area contributed by atoms with E-state index in [2.05, 4.69) is 4.98 Å². The summed E-state index contributed by atoms with van der Waals surface area (Å²) in [6.45, 7) is 10.7. The fraction of sp³-hybridized carbons (Fsp3) is 0.417. The van der Waals surface area contributed by atoms with Crippen molar-refractivity contribution in [1.82, 2.24) is 4.98 Å². The molecule has 0 radical (unpaired) electrons. The van der Waals surface area contributed by atoms with Crippen molar-refractivity contribution in [3.63, 3.8) is 0 Å². The van der Waals surface area contributed by atoms with Gasteiger partial charge in [0.2, 0.25) is 10.0 Å². The van der Waals surface area contributed by atoms with Gasteiger partial charge in [-0.3, -0.25) is 18.3 Å². The van der Waals surface area contributed by atoms with Crippen LogP contribution in [0.4, 0.5) is 5.69 Å². The quantitative estimate of drug-likeness (QED) is 0.597. The zero-order valence-corrected chi connectivity index (χ0v) is 21.8. The van der Waals surface area contributed by atoms with Gasteiger partial charge < -0.3 is 4.74 Å². The minimum Gasteiger partial charge on any atom is -0.422 e. The van der Waals surface area contributed by atoms with Gasteiger partial charge in [-0.2, -0.15) is 0 Å². The van der Waals surface area contributed by atoms with E-state index in [0.29, 0.717) is 33.0 Å². The molecule has 178 valence electrons. The number of fused-ring (bicyclic) bond motifs is 1. The number of benzene rings is 1. The molecule has 1 unspecified atom stereocenters. The molecule has 3 rings (SSSR count). The van der Waals surface area contributed by atoms with Gasteiger partial charge in [-0.1, -0.05) is 18.2 Å². The average Bonchev–Trinajstić information content (AvgIpc) is 2.71. The van der Waals surface area contributed by atoms with Gasteiger partial charge in [0.25, 0.3) is 0 Å². The van der Waals surface area contributed by atoms with Gasteiger partial charge in [0.15, 0.2) is 5.76 Å². The molecule has 0 spiro atoms. The summed E-state index contributed by atoms with van der Waals surface area (Å²) in [5, 5.41) is 0. The topological polar surface area (TPSA) is 93.6 Å². The molecule has 0 saturated carbocycles. The van der Waals surface area contributed by atoms with E-state index in [-0.39, 0.29) is 5.76 Å². The maximum atomic E-state index is 14.0.